The number of carbonyl (C=O) groups is 1. The van der Waals surface area contributed by atoms with Crippen molar-refractivity contribution < 1.29 is 9.90 Å². The molecule has 0 amide bonds. The molecule has 0 aliphatic carbocycles. The van der Waals surface area contributed by atoms with Gasteiger partial charge in [0.15, 0.2) is 0 Å². The van der Waals surface area contributed by atoms with Gasteiger partial charge in [-0.05, 0) is 25.5 Å². The number of hydrogen-bond acceptors (Lipinski definition) is 4. The van der Waals surface area contributed by atoms with Crippen molar-refractivity contribution >= 4 is 17.3 Å². The summed E-state index contributed by atoms with van der Waals surface area (Å²) in [7, 11) is 0. The molecule has 98 valence electrons. The second kappa shape index (κ2) is 5.48. The van der Waals surface area contributed by atoms with Crippen molar-refractivity contribution in [3.05, 3.63) is 47.5 Å². The van der Waals surface area contributed by atoms with Gasteiger partial charge in [-0.15, -0.1) is 0 Å². The van der Waals surface area contributed by atoms with Gasteiger partial charge in [-0.25, -0.2) is 9.97 Å². The van der Waals surface area contributed by atoms with Gasteiger partial charge >= 0.3 is 5.97 Å². The number of carboxylic acid groups (broad SMARTS) is 1. The lowest BCUT2D eigenvalue weighted by molar-refractivity contribution is -0.136. The minimum Gasteiger partial charge on any atom is -0.481 e. The average molecular weight is 257 g/mol. The Morgan fingerprint density at radius 2 is 2.00 bits per heavy atom. The summed E-state index contributed by atoms with van der Waals surface area (Å²) in [5, 5.41) is 12.1. The molecule has 0 aliphatic heterocycles. The summed E-state index contributed by atoms with van der Waals surface area (Å²) in [6, 6.07) is 7.32. The first-order valence-electron chi connectivity index (χ1n) is 5.93. The number of aromatic nitrogens is 2. The molecule has 1 aromatic carbocycles. The predicted molar refractivity (Wildman–Crippen MR) is 72.6 cm³/mol. The van der Waals surface area contributed by atoms with Crippen LogP contribution in [0.5, 0.6) is 0 Å². The number of rotatable bonds is 4. The zero-order valence-corrected chi connectivity index (χ0v) is 10.8. The number of nitrogens with zero attached hydrogens (tertiary/aromatic N) is 2. The van der Waals surface area contributed by atoms with E-state index in [1.54, 1.807) is 12.3 Å². The zero-order valence-electron chi connectivity index (χ0n) is 10.8. The van der Waals surface area contributed by atoms with Crippen LogP contribution in [0.1, 0.15) is 17.1 Å². The molecular formula is C14H15N3O2. The molecule has 0 saturated carbocycles. The molecule has 0 spiro atoms. The van der Waals surface area contributed by atoms with Crippen LogP contribution in [-0.4, -0.2) is 21.0 Å². The normalized spacial score (nSPS) is 10.2. The Labute approximate surface area is 111 Å². The highest BCUT2D eigenvalue weighted by atomic mass is 16.4. The van der Waals surface area contributed by atoms with Crippen LogP contribution in [0, 0.1) is 13.8 Å². The van der Waals surface area contributed by atoms with E-state index in [0.29, 0.717) is 5.82 Å². The van der Waals surface area contributed by atoms with E-state index < -0.39 is 5.97 Å². The molecule has 1 aromatic heterocycles. The highest BCUT2D eigenvalue weighted by molar-refractivity contribution is 5.75. The van der Waals surface area contributed by atoms with Gasteiger partial charge in [0.25, 0.3) is 0 Å². The second-order valence-corrected chi connectivity index (χ2v) is 4.27. The first kappa shape index (κ1) is 13.0. The van der Waals surface area contributed by atoms with Crippen molar-refractivity contribution in [2.75, 3.05) is 5.32 Å². The van der Waals surface area contributed by atoms with Gasteiger partial charge in [-0.3, -0.25) is 4.79 Å². The fraction of sp³-hybridized carbons (Fsp3) is 0.214. The minimum atomic E-state index is -0.855. The van der Waals surface area contributed by atoms with Gasteiger partial charge in [0.05, 0.1) is 24.0 Å². The Balaban J connectivity index is 2.30. The van der Waals surface area contributed by atoms with Crippen LogP contribution in [0.25, 0.3) is 0 Å². The third-order valence-corrected chi connectivity index (χ3v) is 2.73. The smallest absolute Gasteiger partial charge is 0.307 e. The van der Waals surface area contributed by atoms with Gasteiger partial charge in [0.1, 0.15) is 5.82 Å². The lowest BCUT2D eigenvalue weighted by Crippen LogP contribution is -2.05. The van der Waals surface area contributed by atoms with Crippen molar-refractivity contribution in [3.8, 4) is 0 Å². The third kappa shape index (κ3) is 3.28. The molecule has 0 radical (unpaired) electrons. The summed E-state index contributed by atoms with van der Waals surface area (Å²) in [6.45, 7) is 3.71. The second-order valence-electron chi connectivity index (χ2n) is 4.27. The monoisotopic (exact) mass is 257 g/mol. The highest BCUT2D eigenvalue weighted by Crippen LogP contribution is 2.22. The predicted octanol–water partition coefficient (Wildman–Crippen LogP) is 2.46. The summed E-state index contributed by atoms with van der Waals surface area (Å²) in [6.07, 6.45) is 1.68. The fourth-order valence-corrected chi connectivity index (χ4v) is 1.81. The number of para-hydroxylation sites is 1. The zero-order chi connectivity index (χ0) is 13.8. The molecule has 5 nitrogen and oxygen atoms in total. The first-order valence-corrected chi connectivity index (χ1v) is 5.93. The maximum atomic E-state index is 10.8. The first-order chi connectivity index (χ1) is 9.06. The van der Waals surface area contributed by atoms with Crippen molar-refractivity contribution in [2.45, 2.75) is 20.3 Å². The number of benzene rings is 1. The van der Waals surface area contributed by atoms with E-state index in [1.165, 1.54) is 0 Å². The Bertz CT molecular complexity index is 611. The molecule has 5 heteroatoms. The Morgan fingerprint density at radius 3 is 2.68 bits per heavy atom. The molecule has 2 rings (SSSR count). The molecule has 2 N–H and O–H groups in total. The van der Waals surface area contributed by atoms with Crippen LogP contribution in [0.3, 0.4) is 0 Å². The van der Waals surface area contributed by atoms with E-state index in [2.05, 4.69) is 15.3 Å². The third-order valence-electron chi connectivity index (χ3n) is 2.73. The average Bonchev–Trinajstić information content (AvgIpc) is 2.34. The number of aryl methyl sites for hydroxylation is 2. The topological polar surface area (TPSA) is 75.1 Å². The van der Waals surface area contributed by atoms with Crippen LogP contribution in [0.4, 0.5) is 11.4 Å². The number of hydrogen-bond donors (Lipinski definition) is 2. The van der Waals surface area contributed by atoms with Gasteiger partial charge in [0.2, 0.25) is 0 Å². The Kier molecular flexibility index (Phi) is 3.75. The van der Waals surface area contributed by atoms with Crippen molar-refractivity contribution in [2.24, 2.45) is 0 Å². The lowest BCUT2D eigenvalue weighted by atomic mass is 10.1. The van der Waals surface area contributed by atoms with E-state index in [9.17, 15) is 4.79 Å². The SMILES string of the molecule is Cc1ncc(Nc2ccccc2CC(=O)O)c(C)n1. The van der Waals surface area contributed by atoms with Crippen molar-refractivity contribution in [1.82, 2.24) is 9.97 Å². The highest BCUT2D eigenvalue weighted by Gasteiger charge is 2.08. The molecule has 1 heterocycles. The van der Waals surface area contributed by atoms with Gasteiger partial charge < -0.3 is 10.4 Å². The van der Waals surface area contributed by atoms with Crippen molar-refractivity contribution in [3.63, 3.8) is 0 Å². The van der Waals surface area contributed by atoms with Gasteiger partial charge in [0, 0.05) is 5.69 Å². The number of aliphatic carboxylic acids is 1. The molecule has 0 fully saturated rings. The lowest BCUT2D eigenvalue weighted by Gasteiger charge is -2.12. The summed E-state index contributed by atoms with van der Waals surface area (Å²) in [5.41, 5.74) is 3.11. The van der Waals surface area contributed by atoms with E-state index >= 15 is 0 Å². The Hall–Kier alpha value is -2.43. The summed E-state index contributed by atoms with van der Waals surface area (Å²) >= 11 is 0. The summed E-state index contributed by atoms with van der Waals surface area (Å²) in [4.78, 5) is 19.2. The van der Waals surface area contributed by atoms with E-state index in [-0.39, 0.29) is 6.42 Å². The van der Waals surface area contributed by atoms with Gasteiger partial charge in [-0.1, -0.05) is 18.2 Å². The van der Waals surface area contributed by atoms with E-state index in [4.69, 9.17) is 5.11 Å². The molecule has 0 saturated heterocycles. The van der Waals surface area contributed by atoms with Crippen molar-refractivity contribution in [1.29, 1.82) is 0 Å². The van der Waals surface area contributed by atoms with Crippen LogP contribution in [-0.2, 0) is 11.2 Å². The molecule has 19 heavy (non-hydrogen) atoms. The number of anilines is 2. The molecule has 0 aliphatic rings. The minimum absolute atomic E-state index is 0.0189. The maximum Gasteiger partial charge on any atom is 0.307 e. The molecule has 0 atom stereocenters. The molecule has 0 unspecified atom stereocenters. The van der Waals surface area contributed by atoms with Gasteiger partial charge in [-0.2, -0.15) is 0 Å². The van der Waals surface area contributed by atoms with Crippen LogP contribution < -0.4 is 5.32 Å². The molecule has 0 bridgehead atoms. The Morgan fingerprint density at radius 1 is 1.26 bits per heavy atom. The van der Waals surface area contributed by atoms with E-state index in [0.717, 1.165) is 22.6 Å². The van der Waals surface area contributed by atoms with E-state index in [1.807, 2.05) is 32.0 Å². The van der Waals surface area contributed by atoms with Crippen LogP contribution in [0.2, 0.25) is 0 Å². The molecular weight excluding hydrogens is 242 g/mol. The van der Waals surface area contributed by atoms with Crippen LogP contribution in [0.15, 0.2) is 30.5 Å². The molecule has 2 aromatic rings. The quantitative estimate of drug-likeness (QED) is 0.880. The summed E-state index contributed by atoms with van der Waals surface area (Å²) < 4.78 is 0. The largest absolute Gasteiger partial charge is 0.481 e. The number of carboxylic acids is 1. The number of nitrogens with one attached hydrogen (secondary N) is 1. The standard InChI is InChI=1S/C14H15N3O2/c1-9-13(8-15-10(2)16-9)17-12-6-4-3-5-11(12)7-14(18)19/h3-6,8,17H,7H2,1-2H3,(H,18,19). The van der Waals surface area contributed by atoms with Crippen LogP contribution >= 0.6 is 0 Å². The fourth-order valence-electron chi connectivity index (χ4n) is 1.81. The maximum absolute atomic E-state index is 10.8. The summed E-state index contributed by atoms with van der Waals surface area (Å²) in [5.74, 6) is -0.145.